The van der Waals surface area contributed by atoms with E-state index in [2.05, 4.69) is 42.2 Å². The van der Waals surface area contributed by atoms with Crippen LogP contribution in [0.4, 0.5) is 0 Å². The van der Waals surface area contributed by atoms with Crippen LogP contribution in [-0.4, -0.2) is 0 Å². The van der Waals surface area contributed by atoms with E-state index in [1.54, 1.807) is 0 Å². The molecule has 0 aliphatic heterocycles. The van der Waals surface area contributed by atoms with Crippen LogP contribution in [0, 0.1) is 5.92 Å². The monoisotopic (exact) mass is 222 g/mol. The lowest BCUT2D eigenvalue weighted by atomic mass is 10.1. The molecule has 0 aliphatic rings. The first-order chi connectivity index (χ1) is 3.81. The van der Waals surface area contributed by atoms with Crippen LogP contribution in [-0.2, 0) is 0 Å². The summed E-state index contributed by atoms with van der Waals surface area (Å²) in [5.41, 5.74) is 0. The highest BCUT2D eigenvalue weighted by atomic mass is 127. The van der Waals surface area contributed by atoms with E-state index < -0.39 is 0 Å². The van der Waals surface area contributed by atoms with Crippen molar-refractivity contribution < 1.29 is 0 Å². The van der Waals surface area contributed by atoms with Gasteiger partial charge in [-0.05, 0) is 16.4 Å². The summed E-state index contributed by atoms with van der Waals surface area (Å²) in [6.07, 6.45) is 5.23. The molecule has 8 heavy (non-hydrogen) atoms. The van der Waals surface area contributed by atoms with Crippen LogP contribution in [0.5, 0.6) is 0 Å². The molecule has 0 spiro atoms. The molecule has 0 N–H and O–H groups in total. The second kappa shape index (κ2) is 5.35. The molecule has 46 valence electrons. The fourth-order valence-corrected chi connectivity index (χ4v) is 0.656. The van der Waals surface area contributed by atoms with Gasteiger partial charge in [0, 0.05) is 0 Å². The van der Waals surface area contributed by atoms with Crippen molar-refractivity contribution in [3.05, 3.63) is 22.8 Å². The minimum atomic E-state index is 0.626. The third-order valence-corrected chi connectivity index (χ3v) is 1.51. The van der Waals surface area contributed by atoms with Crippen molar-refractivity contribution >= 4 is 22.6 Å². The summed E-state index contributed by atoms with van der Waals surface area (Å²) in [7, 11) is 0. The minimum Gasteiger partial charge on any atom is -0.103 e. The van der Waals surface area contributed by atoms with Crippen LogP contribution in [0.1, 0.15) is 13.3 Å². The number of hydrogen-bond donors (Lipinski definition) is 0. The van der Waals surface area contributed by atoms with E-state index in [-0.39, 0.29) is 0 Å². The second-order valence-corrected chi connectivity index (χ2v) is 2.53. The molecule has 0 saturated carbocycles. The van der Waals surface area contributed by atoms with Crippen molar-refractivity contribution in [2.75, 3.05) is 0 Å². The minimum absolute atomic E-state index is 0.626. The zero-order valence-electron chi connectivity index (χ0n) is 5.10. The molecule has 1 atom stereocenters. The van der Waals surface area contributed by atoms with Gasteiger partial charge in [0.1, 0.15) is 0 Å². The molecule has 0 aromatic carbocycles. The fraction of sp³-hybridized carbons (Fsp3) is 0.429. The van der Waals surface area contributed by atoms with Gasteiger partial charge in [0.15, 0.2) is 0 Å². The Bertz CT molecular complexity index is 84.4. The van der Waals surface area contributed by atoms with Crippen molar-refractivity contribution in [1.82, 2.24) is 0 Å². The van der Waals surface area contributed by atoms with E-state index in [0.717, 1.165) is 6.42 Å². The summed E-state index contributed by atoms with van der Waals surface area (Å²) < 4.78 is 2.04. The lowest BCUT2D eigenvalue weighted by molar-refractivity contribution is 0.747. The van der Waals surface area contributed by atoms with Crippen LogP contribution < -0.4 is 0 Å². The standard InChI is InChI=1S/C7H11I/c1-3-7(2)5-4-6-8/h3-4,6-7H,1,5H2,2H3. The van der Waals surface area contributed by atoms with E-state index in [1.165, 1.54) is 0 Å². The topological polar surface area (TPSA) is 0 Å². The third kappa shape index (κ3) is 4.37. The van der Waals surface area contributed by atoms with Gasteiger partial charge in [0.2, 0.25) is 0 Å². The maximum Gasteiger partial charge on any atom is -0.0230 e. The van der Waals surface area contributed by atoms with Gasteiger partial charge < -0.3 is 0 Å². The van der Waals surface area contributed by atoms with Gasteiger partial charge in [-0.3, -0.25) is 0 Å². The molecule has 1 unspecified atom stereocenters. The molecule has 0 nitrogen and oxygen atoms in total. The summed E-state index contributed by atoms with van der Waals surface area (Å²) in [4.78, 5) is 0. The van der Waals surface area contributed by atoms with Gasteiger partial charge in [0.25, 0.3) is 0 Å². The number of allylic oxidation sites excluding steroid dienone is 2. The largest absolute Gasteiger partial charge is 0.103 e. The van der Waals surface area contributed by atoms with Gasteiger partial charge in [0.05, 0.1) is 0 Å². The van der Waals surface area contributed by atoms with Crippen molar-refractivity contribution in [2.45, 2.75) is 13.3 Å². The molecule has 0 aromatic heterocycles. The first-order valence-corrected chi connectivity index (χ1v) is 3.93. The Labute approximate surface area is 64.8 Å². The number of hydrogen-bond acceptors (Lipinski definition) is 0. The number of rotatable bonds is 3. The molecule has 1 heteroatoms. The van der Waals surface area contributed by atoms with Gasteiger partial charge in [-0.25, -0.2) is 0 Å². The molecule has 0 amide bonds. The van der Waals surface area contributed by atoms with Gasteiger partial charge in [-0.1, -0.05) is 41.7 Å². The quantitative estimate of drug-likeness (QED) is 0.508. The molecular weight excluding hydrogens is 211 g/mol. The predicted octanol–water partition coefficient (Wildman–Crippen LogP) is 3.15. The molecule has 0 radical (unpaired) electrons. The van der Waals surface area contributed by atoms with Crippen LogP contribution >= 0.6 is 22.6 Å². The van der Waals surface area contributed by atoms with Crippen molar-refractivity contribution in [3.63, 3.8) is 0 Å². The summed E-state index contributed by atoms with van der Waals surface area (Å²) in [6.45, 7) is 5.83. The first kappa shape index (κ1) is 8.21. The van der Waals surface area contributed by atoms with Crippen LogP contribution in [0.15, 0.2) is 22.8 Å². The Morgan fingerprint density at radius 2 is 2.38 bits per heavy atom. The van der Waals surface area contributed by atoms with Crippen molar-refractivity contribution in [3.8, 4) is 0 Å². The molecule has 0 fully saturated rings. The summed E-state index contributed by atoms with van der Waals surface area (Å²) in [5.74, 6) is 0.626. The van der Waals surface area contributed by atoms with E-state index in [4.69, 9.17) is 0 Å². The molecule has 0 aliphatic carbocycles. The Morgan fingerprint density at radius 3 is 2.75 bits per heavy atom. The second-order valence-electron chi connectivity index (χ2n) is 1.81. The molecule has 0 aromatic rings. The summed E-state index contributed by atoms with van der Waals surface area (Å²) >= 11 is 2.22. The molecule has 0 saturated heterocycles. The zero-order valence-corrected chi connectivity index (χ0v) is 7.26. The van der Waals surface area contributed by atoms with Gasteiger partial charge >= 0.3 is 0 Å². The molecule has 0 rings (SSSR count). The molecule has 0 bridgehead atoms. The fourth-order valence-electron chi connectivity index (χ4n) is 0.362. The lowest BCUT2D eigenvalue weighted by Gasteiger charge is -1.96. The van der Waals surface area contributed by atoms with Gasteiger partial charge in [-0.15, -0.1) is 6.58 Å². The third-order valence-electron chi connectivity index (χ3n) is 0.999. The highest BCUT2D eigenvalue weighted by Crippen LogP contribution is 2.03. The Morgan fingerprint density at radius 1 is 1.75 bits per heavy atom. The molecule has 0 heterocycles. The van der Waals surface area contributed by atoms with Crippen molar-refractivity contribution in [1.29, 1.82) is 0 Å². The highest BCUT2D eigenvalue weighted by molar-refractivity contribution is 14.1. The smallest absolute Gasteiger partial charge is 0.0230 e. The normalized spacial score (nSPS) is 14.2. The maximum atomic E-state index is 3.68. The summed E-state index contributed by atoms with van der Waals surface area (Å²) in [6, 6.07) is 0. The van der Waals surface area contributed by atoms with Crippen LogP contribution in [0.25, 0.3) is 0 Å². The van der Waals surface area contributed by atoms with E-state index in [1.807, 2.05) is 10.2 Å². The Balaban J connectivity index is 3.23. The average Bonchev–Trinajstić information content (AvgIpc) is 1.83. The maximum absolute atomic E-state index is 3.68. The van der Waals surface area contributed by atoms with Crippen molar-refractivity contribution in [2.24, 2.45) is 5.92 Å². The van der Waals surface area contributed by atoms with Crippen LogP contribution in [0.2, 0.25) is 0 Å². The average molecular weight is 222 g/mol. The van der Waals surface area contributed by atoms with Crippen LogP contribution in [0.3, 0.4) is 0 Å². The Hall–Kier alpha value is 0.210. The SMILES string of the molecule is C=CC(C)CC=CI. The highest BCUT2D eigenvalue weighted by Gasteiger charge is 1.87. The van der Waals surface area contributed by atoms with E-state index in [9.17, 15) is 0 Å². The van der Waals surface area contributed by atoms with E-state index in [0.29, 0.717) is 5.92 Å². The Kier molecular flexibility index (Phi) is 5.49. The summed E-state index contributed by atoms with van der Waals surface area (Å²) in [5, 5.41) is 0. The van der Waals surface area contributed by atoms with E-state index >= 15 is 0 Å². The predicted molar refractivity (Wildman–Crippen MR) is 47.1 cm³/mol. The first-order valence-electron chi connectivity index (χ1n) is 2.69. The number of halogens is 1. The van der Waals surface area contributed by atoms with Gasteiger partial charge in [-0.2, -0.15) is 0 Å². The zero-order chi connectivity index (χ0) is 6.41. The lowest BCUT2D eigenvalue weighted by Crippen LogP contribution is -1.82. The molecular formula is C7H11I.